The van der Waals surface area contributed by atoms with E-state index in [0.717, 1.165) is 18.7 Å². The van der Waals surface area contributed by atoms with Gasteiger partial charge >= 0.3 is 0 Å². The summed E-state index contributed by atoms with van der Waals surface area (Å²) in [6, 6.07) is 0.794. The number of pyridine rings is 1. The van der Waals surface area contributed by atoms with Crippen molar-refractivity contribution in [3.8, 4) is 0 Å². The van der Waals surface area contributed by atoms with Gasteiger partial charge in [-0.15, -0.1) is 0 Å². The van der Waals surface area contributed by atoms with Gasteiger partial charge in [0, 0.05) is 25.6 Å². The largest absolute Gasteiger partial charge is 0.348 e. The molecule has 0 aromatic carbocycles. The van der Waals surface area contributed by atoms with Crippen LogP contribution in [0, 0.1) is 5.82 Å². The van der Waals surface area contributed by atoms with Gasteiger partial charge in [0.05, 0.1) is 11.8 Å². The summed E-state index contributed by atoms with van der Waals surface area (Å²) in [7, 11) is 0. The van der Waals surface area contributed by atoms with E-state index in [1.54, 1.807) is 11.8 Å². The summed E-state index contributed by atoms with van der Waals surface area (Å²) < 4.78 is 13.1. The number of nitrogens with one attached hydrogen (secondary N) is 1. The molecular formula is C13H15ClFN3O2. The van der Waals surface area contributed by atoms with Crippen LogP contribution in [-0.4, -0.2) is 40.8 Å². The Hall–Kier alpha value is -1.69. The number of amides is 2. The van der Waals surface area contributed by atoms with Gasteiger partial charge < -0.3 is 10.2 Å². The molecule has 0 aliphatic carbocycles. The van der Waals surface area contributed by atoms with E-state index in [-0.39, 0.29) is 22.7 Å². The smallest absolute Gasteiger partial charge is 0.254 e. The van der Waals surface area contributed by atoms with Crippen molar-refractivity contribution < 1.29 is 14.0 Å². The number of hydrogen-bond donors (Lipinski definition) is 1. The normalized spacial score (nSPS) is 16.4. The zero-order chi connectivity index (χ0) is 14.7. The molecular weight excluding hydrogens is 285 g/mol. The molecule has 2 heterocycles. The van der Waals surface area contributed by atoms with Gasteiger partial charge in [0.2, 0.25) is 5.91 Å². The van der Waals surface area contributed by atoms with Crippen LogP contribution in [0.15, 0.2) is 12.3 Å². The van der Waals surface area contributed by atoms with Crippen LogP contribution in [0.25, 0.3) is 0 Å². The number of rotatable bonds is 4. The SMILES string of the molecule is CC(CN1CCCC1=O)NC(=O)c1cc(F)cnc1Cl. The maximum atomic E-state index is 13.1. The van der Waals surface area contributed by atoms with Crippen LogP contribution in [-0.2, 0) is 4.79 Å². The summed E-state index contributed by atoms with van der Waals surface area (Å²) >= 11 is 5.76. The monoisotopic (exact) mass is 299 g/mol. The molecule has 1 atom stereocenters. The van der Waals surface area contributed by atoms with E-state index in [1.807, 2.05) is 0 Å². The third-order valence-corrected chi connectivity index (χ3v) is 3.39. The molecule has 1 saturated heterocycles. The minimum absolute atomic E-state index is 0.00809. The lowest BCUT2D eigenvalue weighted by molar-refractivity contribution is -0.127. The minimum atomic E-state index is -0.623. The Kier molecular flexibility index (Phi) is 4.54. The molecule has 0 spiro atoms. The first kappa shape index (κ1) is 14.7. The Morgan fingerprint density at radius 2 is 2.40 bits per heavy atom. The Morgan fingerprint density at radius 3 is 3.05 bits per heavy atom. The average molecular weight is 300 g/mol. The summed E-state index contributed by atoms with van der Waals surface area (Å²) in [4.78, 5) is 28.8. The van der Waals surface area contributed by atoms with Gasteiger partial charge in [-0.3, -0.25) is 9.59 Å². The topological polar surface area (TPSA) is 62.3 Å². The molecule has 1 unspecified atom stereocenters. The van der Waals surface area contributed by atoms with Gasteiger partial charge in [0.25, 0.3) is 5.91 Å². The van der Waals surface area contributed by atoms with Gasteiger partial charge in [-0.05, 0) is 19.4 Å². The molecule has 1 aliphatic heterocycles. The summed E-state index contributed by atoms with van der Waals surface area (Å²) in [5.74, 6) is -1.03. The first-order valence-corrected chi connectivity index (χ1v) is 6.75. The van der Waals surface area contributed by atoms with E-state index in [0.29, 0.717) is 19.5 Å². The highest BCUT2D eigenvalue weighted by Crippen LogP contribution is 2.14. The standard InChI is InChI=1S/C13H15ClFN3O2/c1-8(7-18-4-2-3-11(18)19)17-13(20)10-5-9(15)6-16-12(10)14/h5-6,8H,2-4,7H2,1H3,(H,17,20). The van der Waals surface area contributed by atoms with Crippen molar-refractivity contribution in [3.63, 3.8) is 0 Å². The molecule has 5 nitrogen and oxygen atoms in total. The predicted molar refractivity (Wildman–Crippen MR) is 71.9 cm³/mol. The zero-order valence-corrected chi connectivity index (χ0v) is 11.8. The van der Waals surface area contributed by atoms with Crippen molar-refractivity contribution in [2.24, 2.45) is 0 Å². The molecule has 0 radical (unpaired) electrons. The highest BCUT2D eigenvalue weighted by Gasteiger charge is 2.23. The fourth-order valence-electron chi connectivity index (χ4n) is 2.16. The predicted octanol–water partition coefficient (Wildman–Crippen LogP) is 1.61. The molecule has 1 fully saturated rings. The quantitative estimate of drug-likeness (QED) is 0.859. The van der Waals surface area contributed by atoms with Crippen LogP contribution in [0.5, 0.6) is 0 Å². The Balaban J connectivity index is 1.96. The summed E-state index contributed by atoms with van der Waals surface area (Å²) in [6.45, 7) is 2.93. The van der Waals surface area contributed by atoms with Gasteiger partial charge in [0.15, 0.2) is 0 Å². The summed E-state index contributed by atoms with van der Waals surface area (Å²) in [5, 5.41) is 2.64. The van der Waals surface area contributed by atoms with E-state index < -0.39 is 11.7 Å². The number of likely N-dealkylation sites (tertiary alicyclic amines) is 1. The van der Waals surface area contributed by atoms with Crippen molar-refractivity contribution in [2.45, 2.75) is 25.8 Å². The Bertz CT molecular complexity index is 538. The number of hydrogen-bond acceptors (Lipinski definition) is 3. The molecule has 1 N–H and O–H groups in total. The number of carbonyl (C=O) groups is 2. The zero-order valence-electron chi connectivity index (χ0n) is 11.0. The van der Waals surface area contributed by atoms with Crippen LogP contribution >= 0.6 is 11.6 Å². The van der Waals surface area contributed by atoms with Crippen molar-refractivity contribution in [2.75, 3.05) is 13.1 Å². The van der Waals surface area contributed by atoms with Crippen LogP contribution < -0.4 is 5.32 Å². The summed E-state index contributed by atoms with van der Waals surface area (Å²) in [6.07, 6.45) is 2.35. The lowest BCUT2D eigenvalue weighted by Gasteiger charge is -2.21. The molecule has 0 bridgehead atoms. The van der Waals surface area contributed by atoms with E-state index in [4.69, 9.17) is 11.6 Å². The second kappa shape index (κ2) is 6.17. The number of halogens is 2. The molecule has 20 heavy (non-hydrogen) atoms. The minimum Gasteiger partial charge on any atom is -0.348 e. The third-order valence-electron chi connectivity index (χ3n) is 3.09. The second-order valence-electron chi connectivity index (χ2n) is 4.81. The fourth-order valence-corrected chi connectivity index (χ4v) is 2.35. The first-order chi connectivity index (χ1) is 9.47. The van der Waals surface area contributed by atoms with Crippen molar-refractivity contribution in [3.05, 3.63) is 28.8 Å². The first-order valence-electron chi connectivity index (χ1n) is 6.37. The van der Waals surface area contributed by atoms with E-state index in [1.165, 1.54) is 0 Å². The highest BCUT2D eigenvalue weighted by atomic mass is 35.5. The van der Waals surface area contributed by atoms with E-state index >= 15 is 0 Å². The van der Waals surface area contributed by atoms with Crippen molar-refractivity contribution in [1.29, 1.82) is 0 Å². The number of aromatic nitrogens is 1. The van der Waals surface area contributed by atoms with Gasteiger partial charge in [-0.1, -0.05) is 11.6 Å². The second-order valence-corrected chi connectivity index (χ2v) is 5.17. The number of carbonyl (C=O) groups excluding carboxylic acids is 2. The molecule has 1 aliphatic rings. The van der Waals surface area contributed by atoms with Crippen molar-refractivity contribution >= 4 is 23.4 Å². The maximum Gasteiger partial charge on any atom is 0.254 e. The summed E-state index contributed by atoms with van der Waals surface area (Å²) in [5.41, 5.74) is -0.00809. The Morgan fingerprint density at radius 1 is 1.65 bits per heavy atom. The van der Waals surface area contributed by atoms with Crippen LogP contribution in [0.4, 0.5) is 4.39 Å². The highest BCUT2D eigenvalue weighted by molar-refractivity contribution is 6.32. The molecule has 0 saturated carbocycles. The Labute approximate surface area is 121 Å². The fraction of sp³-hybridized carbons (Fsp3) is 0.462. The molecule has 1 aromatic heterocycles. The lowest BCUT2D eigenvalue weighted by Crippen LogP contribution is -2.42. The number of nitrogens with zero attached hydrogens (tertiary/aromatic N) is 2. The maximum absolute atomic E-state index is 13.1. The van der Waals surface area contributed by atoms with E-state index in [9.17, 15) is 14.0 Å². The molecule has 1 aromatic rings. The van der Waals surface area contributed by atoms with Gasteiger partial charge in [-0.25, -0.2) is 9.37 Å². The van der Waals surface area contributed by atoms with Crippen LogP contribution in [0.3, 0.4) is 0 Å². The molecule has 2 rings (SSSR count). The van der Waals surface area contributed by atoms with Gasteiger partial charge in [0.1, 0.15) is 11.0 Å². The molecule has 2 amide bonds. The average Bonchev–Trinajstić information content (AvgIpc) is 2.77. The molecule has 108 valence electrons. The van der Waals surface area contributed by atoms with Crippen LogP contribution in [0.1, 0.15) is 30.1 Å². The van der Waals surface area contributed by atoms with Crippen molar-refractivity contribution in [1.82, 2.24) is 15.2 Å². The molecule has 7 heteroatoms. The van der Waals surface area contributed by atoms with Crippen LogP contribution in [0.2, 0.25) is 5.15 Å². The van der Waals surface area contributed by atoms with E-state index in [2.05, 4.69) is 10.3 Å². The van der Waals surface area contributed by atoms with Gasteiger partial charge in [-0.2, -0.15) is 0 Å². The third kappa shape index (κ3) is 3.45. The lowest BCUT2D eigenvalue weighted by atomic mass is 10.2.